The van der Waals surface area contributed by atoms with E-state index >= 15 is 0 Å². The quantitative estimate of drug-likeness (QED) is 0.863. The van der Waals surface area contributed by atoms with Gasteiger partial charge in [0.15, 0.2) is 11.7 Å². The summed E-state index contributed by atoms with van der Waals surface area (Å²) in [5.41, 5.74) is 0.0917. The first-order chi connectivity index (χ1) is 12.7. The number of aromatic nitrogens is 2. The lowest BCUT2D eigenvalue weighted by Gasteiger charge is -2.33. The zero-order valence-electron chi connectivity index (χ0n) is 16.1. The van der Waals surface area contributed by atoms with Crippen LogP contribution in [0, 0.1) is 5.92 Å². The van der Waals surface area contributed by atoms with Crippen molar-refractivity contribution >= 4 is 11.7 Å². The number of piperidine rings is 1. The molecule has 3 atom stereocenters. The second-order valence-electron chi connectivity index (χ2n) is 7.92. The summed E-state index contributed by atoms with van der Waals surface area (Å²) in [6.07, 6.45) is -1.93. The SMILES string of the molecule is CC[C@@H]1C[C@H](C(F)(F)F)n2nc(C(=O)N3CCC[C@H](CN(C)C)C3)cc2N1. The van der Waals surface area contributed by atoms with Crippen molar-refractivity contribution in [1.82, 2.24) is 19.6 Å². The van der Waals surface area contributed by atoms with Gasteiger partial charge in [-0.25, -0.2) is 4.68 Å². The van der Waals surface area contributed by atoms with Gasteiger partial charge in [-0.3, -0.25) is 4.79 Å². The molecule has 0 spiro atoms. The first-order valence-corrected chi connectivity index (χ1v) is 9.55. The van der Waals surface area contributed by atoms with Crippen LogP contribution in [0.4, 0.5) is 19.0 Å². The highest BCUT2D eigenvalue weighted by Crippen LogP contribution is 2.40. The van der Waals surface area contributed by atoms with E-state index in [1.165, 1.54) is 6.07 Å². The van der Waals surface area contributed by atoms with E-state index in [-0.39, 0.29) is 29.9 Å². The Morgan fingerprint density at radius 2 is 2.15 bits per heavy atom. The van der Waals surface area contributed by atoms with Crippen molar-refractivity contribution in [3.8, 4) is 0 Å². The Balaban J connectivity index is 1.80. The van der Waals surface area contributed by atoms with Crippen LogP contribution in [-0.2, 0) is 0 Å². The summed E-state index contributed by atoms with van der Waals surface area (Å²) in [7, 11) is 3.99. The van der Waals surface area contributed by atoms with Crippen LogP contribution in [0.25, 0.3) is 0 Å². The third-order valence-corrected chi connectivity index (χ3v) is 5.41. The monoisotopic (exact) mass is 387 g/mol. The zero-order valence-corrected chi connectivity index (χ0v) is 16.1. The van der Waals surface area contributed by atoms with Gasteiger partial charge in [0, 0.05) is 31.7 Å². The van der Waals surface area contributed by atoms with Gasteiger partial charge in [0.05, 0.1) is 0 Å². The van der Waals surface area contributed by atoms with E-state index in [4.69, 9.17) is 0 Å². The molecule has 0 aliphatic carbocycles. The fraction of sp³-hybridized carbons (Fsp3) is 0.778. The number of likely N-dealkylation sites (tertiary alicyclic amines) is 1. The molecule has 0 radical (unpaired) electrons. The van der Waals surface area contributed by atoms with Crippen molar-refractivity contribution < 1.29 is 18.0 Å². The minimum Gasteiger partial charge on any atom is -0.367 e. The molecule has 1 fully saturated rings. The topological polar surface area (TPSA) is 53.4 Å². The average Bonchev–Trinajstić information content (AvgIpc) is 3.02. The number of rotatable bonds is 4. The van der Waals surface area contributed by atoms with Crippen molar-refractivity contribution in [3.63, 3.8) is 0 Å². The number of fused-ring (bicyclic) bond motifs is 1. The molecule has 1 amide bonds. The molecule has 3 heterocycles. The Bertz CT molecular complexity index is 672. The normalized spacial score (nSPS) is 26.0. The smallest absolute Gasteiger partial charge is 0.367 e. The van der Waals surface area contributed by atoms with E-state index in [2.05, 4.69) is 15.3 Å². The zero-order chi connectivity index (χ0) is 19.8. The van der Waals surface area contributed by atoms with Gasteiger partial charge < -0.3 is 15.1 Å². The molecule has 0 bridgehead atoms. The number of hydrogen-bond donors (Lipinski definition) is 1. The standard InChI is InChI=1S/C18H28F3N5O/c1-4-13-8-15(18(19,20)21)26-16(22-13)9-14(23-26)17(27)25-7-5-6-12(11-25)10-24(2)3/h9,12-13,15,22H,4-8,10-11H2,1-3H3/t12-,13-,15-/m1/s1. The number of carbonyl (C=O) groups excluding carboxylic acids is 1. The van der Waals surface area contributed by atoms with E-state index in [9.17, 15) is 18.0 Å². The number of anilines is 1. The molecule has 152 valence electrons. The Labute approximate surface area is 157 Å². The molecule has 1 N–H and O–H groups in total. The molecular formula is C18H28F3N5O. The third-order valence-electron chi connectivity index (χ3n) is 5.41. The molecule has 9 heteroatoms. The minimum absolute atomic E-state index is 0.0725. The molecule has 1 saturated heterocycles. The van der Waals surface area contributed by atoms with Gasteiger partial charge >= 0.3 is 6.18 Å². The highest BCUT2D eigenvalue weighted by molar-refractivity contribution is 5.93. The average molecular weight is 387 g/mol. The third kappa shape index (κ3) is 4.39. The van der Waals surface area contributed by atoms with E-state index in [0.29, 0.717) is 25.4 Å². The summed E-state index contributed by atoms with van der Waals surface area (Å²) < 4.78 is 41.4. The van der Waals surface area contributed by atoms with Crippen LogP contribution in [0.5, 0.6) is 0 Å². The van der Waals surface area contributed by atoms with Crippen LogP contribution in [0.3, 0.4) is 0 Å². The lowest BCUT2D eigenvalue weighted by molar-refractivity contribution is -0.173. The van der Waals surface area contributed by atoms with Crippen LogP contribution in [-0.4, -0.2) is 71.4 Å². The highest BCUT2D eigenvalue weighted by atomic mass is 19.4. The lowest BCUT2D eigenvalue weighted by Crippen LogP contribution is -2.43. The molecule has 1 aromatic rings. The predicted octanol–water partition coefficient (Wildman–Crippen LogP) is 2.99. The number of carbonyl (C=O) groups is 1. The van der Waals surface area contributed by atoms with Crippen molar-refractivity contribution in [3.05, 3.63) is 11.8 Å². The summed E-state index contributed by atoms with van der Waals surface area (Å²) in [4.78, 5) is 16.7. The van der Waals surface area contributed by atoms with Crippen molar-refractivity contribution in [2.24, 2.45) is 5.92 Å². The molecular weight excluding hydrogens is 359 g/mol. The number of alkyl halides is 3. The van der Waals surface area contributed by atoms with Crippen molar-refractivity contribution in [2.45, 2.75) is 50.9 Å². The summed E-state index contributed by atoms with van der Waals surface area (Å²) in [6.45, 7) is 3.98. The molecule has 3 rings (SSSR count). The number of nitrogens with zero attached hydrogens (tertiary/aromatic N) is 4. The van der Waals surface area contributed by atoms with Crippen LogP contribution < -0.4 is 5.32 Å². The predicted molar refractivity (Wildman–Crippen MR) is 96.8 cm³/mol. The number of hydrogen-bond acceptors (Lipinski definition) is 4. The van der Waals surface area contributed by atoms with Gasteiger partial charge in [-0.2, -0.15) is 18.3 Å². The summed E-state index contributed by atoms with van der Waals surface area (Å²) >= 11 is 0. The maximum absolute atomic E-state index is 13.5. The first-order valence-electron chi connectivity index (χ1n) is 9.55. The van der Waals surface area contributed by atoms with Crippen molar-refractivity contribution in [2.75, 3.05) is 39.0 Å². The van der Waals surface area contributed by atoms with E-state index in [0.717, 1.165) is 24.1 Å². The van der Waals surface area contributed by atoms with Gasteiger partial charge in [-0.15, -0.1) is 0 Å². The van der Waals surface area contributed by atoms with Crippen molar-refractivity contribution in [1.29, 1.82) is 0 Å². The largest absolute Gasteiger partial charge is 0.410 e. The maximum Gasteiger partial charge on any atom is 0.410 e. The molecule has 2 aliphatic heterocycles. The fourth-order valence-electron chi connectivity index (χ4n) is 4.10. The number of amides is 1. The van der Waals surface area contributed by atoms with Gasteiger partial charge in [0.1, 0.15) is 5.82 Å². The Morgan fingerprint density at radius 1 is 1.41 bits per heavy atom. The minimum atomic E-state index is -4.39. The molecule has 6 nitrogen and oxygen atoms in total. The molecule has 2 aliphatic rings. The molecule has 0 saturated carbocycles. The second-order valence-corrected chi connectivity index (χ2v) is 7.92. The molecule has 0 aromatic carbocycles. The van der Waals surface area contributed by atoms with Gasteiger partial charge in [0.25, 0.3) is 5.91 Å². The number of nitrogens with one attached hydrogen (secondary N) is 1. The molecule has 27 heavy (non-hydrogen) atoms. The van der Waals surface area contributed by atoms with E-state index in [1.807, 2.05) is 21.0 Å². The summed E-state index contributed by atoms with van der Waals surface area (Å²) in [6, 6.07) is -0.496. The van der Waals surface area contributed by atoms with Gasteiger partial charge in [-0.1, -0.05) is 6.92 Å². The molecule has 1 aromatic heterocycles. The van der Waals surface area contributed by atoms with Crippen LogP contribution in [0.2, 0.25) is 0 Å². The summed E-state index contributed by atoms with van der Waals surface area (Å²) in [5, 5.41) is 7.15. The first kappa shape index (κ1) is 20.0. The molecule has 0 unspecified atom stereocenters. The van der Waals surface area contributed by atoms with Gasteiger partial charge in [0.2, 0.25) is 0 Å². The Hall–Kier alpha value is -1.77. The van der Waals surface area contributed by atoms with E-state index in [1.54, 1.807) is 4.90 Å². The maximum atomic E-state index is 13.5. The van der Waals surface area contributed by atoms with Gasteiger partial charge in [-0.05, 0) is 45.7 Å². The lowest BCUT2D eigenvalue weighted by atomic mass is 9.97. The fourth-order valence-corrected chi connectivity index (χ4v) is 4.10. The Morgan fingerprint density at radius 3 is 2.78 bits per heavy atom. The Kier molecular flexibility index (Phi) is 5.69. The summed E-state index contributed by atoms with van der Waals surface area (Å²) in [5.74, 6) is 0.372. The van der Waals surface area contributed by atoms with Crippen LogP contribution >= 0.6 is 0 Å². The van der Waals surface area contributed by atoms with E-state index < -0.39 is 12.2 Å². The number of halogens is 3. The second kappa shape index (κ2) is 7.69. The highest BCUT2D eigenvalue weighted by Gasteiger charge is 2.46. The van der Waals surface area contributed by atoms with Crippen LogP contribution in [0.15, 0.2) is 6.07 Å². The van der Waals surface area contributed by atoms with Crippen LogP contribution in [0.1, 0.15) is 49.1 Å².